The van der Waals surface area contributed by atoms with Crippen LogP contribution in [0.4, 0.5) is 0 Å². The van der Waals surface area contributed by atoms with E-state index in [1.54, 1.807) is 7.05 Å². The van der Waals surface area contributed by atoms with Gasteiger partial charge < -0.3 is 20.9 Å². The zero-order valence-corrected chi connectivity index (χ0v) is 15.2. The van der Waals surface area contributed by atoms with Gasteiger partial charge in [-0.3, -0.25) is 14.6 Å². The molecular formula is C18H31N5O2. The molecule has 0 aromatic heterocycles. The molecule has 2 aliphatic carbocycles. The Bertz CT molecular complexity index is 512. The Kier molecular flexibility index (Phi) is 6.15. The third-order valence-electron chi connectivity index (χ3n) is 5.38. The highest BCUT2D eigenvalue weighted by Crippen LogP contribution is 2.26. The van der Waals surface area contributed by atoms with Gasteiger partial charge >= 0.3 is 0 Å². The first-order valence-electron chi connectivity index (χ1n) is 9.71. The number of rotatable bonds is 5. The monoisotopic (exact) mass is 349 g/mol. The number of likely N-dealkylation sites (tertiary alicyclic amines) is 1. The average molecular weight is 349 g/mol. The lowest BCUT2D eigenvalue weighted by Gasteiger charge is -2.26. The third kappa shape index (κ3) is 5.34. The predicted octanol–water partition coefficient (Wildman–Crippen LogP) is 0.611. The maximum absolute atomic E-state index is 12.6. The minimum Gasteiger partial charge on any atom is -0.352 e. The van der Waals surface area contributed by atoms with Crippen LogP contribution in [0.1, 0.15) is 51.4 Å². The Hall–Kier alpha value is -1.79. The van der Waals surface area contributed by atoms with Crippen LogP contribution in [-0.4, -0.2) is 61.4 Å². The molecule has 1 atom stereocenters. The molecule has 25 heavy (non-hydrogen) atoms. The van der Waals surface area contributed by atoms with Gasteiger partial charge in [-0.15, -0.1) is 0 Å². The van der Waals surface area contributed by atoms with Crippen LogP contribution in [0.2, 0.25) is 0 Å². The number of carbonyl (C=O) groups excluding carboxylic acids is 2. The van der Waals surface area contributed by atoms with Gasteiger partial charge in [0.2, 0.25) is 11.8 Å². The molecule has 3 fully saturated rings. The van der Waals surface area contributed by atoms with Crippen molar-refractivity contribution < 1.29 is 9.59 Å². The van der Waals surface area contributed by atoms with E-state index in [9.17, 15) is 9.59 Å². The van der Waals surface area contributed by atoms with Crippen molar-refractivity contribution in [2.24, 2.45) is 10.9 Å². The first-order valence-corrected chi connectivity index (χ1v) is 9.71. The maximum atomic E-state index is 12.6. The summed E-state index contributed by atoms with van der Waals surface area (Å²) in [6.07, 6.45) is 8.84. The number of guanidine groups is 1. The van der Waals surface area contributed by atoms with Gasteiger partial charge in [0.25, 0.3) is 0 Å². The van der Waals surface area contributed by atoms with Gasteiger partial charge in [0.1, 0.15) is 0 Å². The average Bonchev–Trinajstić information content (AvgIpc) is 3.33. The molecule has 0 spiro atoms. The van der Waals surface area contributed by atoms with E-state index < -0.39 is 0 Å². The fourth-order valence-electron chi connectivity index (χ4n) is 3.74. The largest absolute Gasteiger partial charge is 0.352 e. The topological polar surface area (TPSA) is 85.8 Å². The fraction of sp³-hybridized carbons (Fsp3) is 0.833. The molecule has 3 aliphatic rings. The van der Waals surface area contributed by atoms with Crippen molar-refractivity contribution in [1.82, 2.24) is 20.9 Å². The summed E-state index contributed by atoms with van der Waals surface area (Å²) >= 11 is 0. The van der Waals surface area contributed by atoms with Crippen molar-refractivity contribution in [1.29, 1.82) is 0 Å². The second kappa shape index (κ2) is 8.54. The van der Waals surface area contributed by atoms with Crippen LogP contribution < -0.4 is 16.0 Å². The van der Waals surface area contributed by atoms with Crippen LogP contribution in [-0.2, 0) is 9.59 Å². The Balaban J connectivity index is 1.39. The van der Waals surface area contributed by atoms with E-state index in [2.05, 4.69) is 20.9 Å². The van der Waals surface area contributed by atoms with E-state index in [0.717, 1.165) is 45.2 Å². The SMILES string of the molecule is CN=C(NCC(=O)NC1CC1)NC1CCN(C(=O)C2CCCCC2)C1. The number of nitrogens with one attached hydrogen (secondary N) is 3. The molecule has 3 N–H and O–H groups in total. The van der Waals surface area contributed by atoms with Crippen molar-refractivity contribution in [2.45, 2.75) is 63.5 Å². The lowest BCUT2D eigenvalue weighted by Crippen LogP contribution is -2.48. The Morgan fingerprint density at radius 2 is 1.76 bits per heavy atom. The van der Waals surface area contributed by atoms with Crippen molar-refractivity contribution in [3.8, 4) is 0 Å². The molecule has 1 heterocycles. The molecule has 1 unspecified atom stereocenters. The lowest BCUT2D eigenvalue weighted by molar-refractivity contribution is -0.135. The van der Waals surface area contributed by atoms with Gasteiger partial charge in [-0.2, -0.15) is 0 Å². The Morgan fingerprint density at radius 3 is 2.44 bits per heavy atom. The highest BCUT2D eigenvalue weighted by molar-refractivity contribution is 5.87. The molecule has 2 amide bonds. The van der Waals surface area contributed by atoms with Gasteiger partial charge in [0.15, 0.2) is 5.96 Å². The number of hydrogen-bond acceptors (Lipinski definition) is 3. The van der Waals surface area contributed by atoms with E-state index in [1.165, 1.54) is 19.3 Å². The first kappa shape index (κ1) is 18.0. The molecule has 0 bridgehead atoms. The number of aliphatic imine (C=N–C) groups is 1. The summed E-state index contributed by atoms with van der Waals surface area (Å²) in [5, 5.41) is 9.35. The molecule has 1 saturated heterocycles. The van der Waals surface area contributed by atoms with E-state index in [-0.39, 0.29) is 24.4 Å². The second-order valence-electron chi connectivity index (χ2n) is 7.52. The Morgan fingerprint density at radius 1 is 1.00 bits per heavy atom. The van der Waals surface area contributed by atoms with Gasteiger partial charge in [0, 0.05) is 38.1 Å². The smallest absolute Gasteiger partial charge is 0.239 e. The van der Waals surface area contributed by atoms with E-state index in [0.29, 0.717) is 17.9 Å². The van der Waals surface area contributed by atoms with Crippen LogP contribution in [0.25, 0.3) is 0 Å². The molecule has 7 heteroatoms. The van der Waals surface area contributed by atoms with E-state index in [1.807, 2.05) is 4.90 Å². The fourth-order valence-corrected chi connectivity index (χ4v) is 3.74. The van der Waals surface area contributed by atoms with Crippen LogP contribution in [0, 0.1) is 5.92 Å². The third-order valence-corrected chi connectivity index (χ3v) is 5.38. The molecule has 3 rings (SSSR count). The van der Waals surface area contributed by atoms with Gasteiger partial charge in [-0.25, -0.2) is 0 Å². The summed E-state index contributed by atoms with van der Waals surface area (Å²) in [5.41, 5.74) is 0. The van der Waals surface area contributed by atoms with Crippen molar-refractivity contribution in [3.63, 3.8) is 0 Å². The van der Waals surface area contributed by atoms with E-state index in [4.69, 9.17) is 0 Å². The summed E-state index contributed by atoms with van der Waals surface area (Å²) in [6, 6.07) is 0.573. The zero-order chi connectivity index (χ0) is 17.6. The number of hydrogen-bond donors (Lipinski definition) is 3. The van der Waals surface area contributed by atoms with Crippen LogP contribution in [0.5, 0.6) is 0 Å². The number of amides is 2. The minimum atomic E-state index is 0.00553. The van der Waals surface area contributed by atoms with Crippen molar-refractivity contribution in [3.05, 3.63) is 0 Å². The van der Waals surface area contributed by atoms with Gasteiger partial charge in [-0.1, -0.05) is 19.3 Å². The highest BCUT2D eigenvalue weighted by Gasteiger charge is 2.31. The quantitative estimate of drug-likeness (QED) is 0.501. The zero-order valence-electron chi connectivity index (χ0n) is 15.2. The summed E-state index contributed by atoms with van der Waals surface area (Å²) in [7, 11) is 1.70. The summed E-state index contributed by atoms with van der Waals surface area (Å²) < 4.78 is 0. The molecule has 140 valence electrons. The molecule has 0 radical (unpaired) electrons. The number of carbonyl (C=O) groups is 2. The summed E-state index contributed by atoms with van der Waals surface area (Å²) in [5.74, 6) is 1.20. The van der Waals surface area contributed by atoms with Gasteiger partial charge in [-0.05, 0) is 32.1 Å². The van der Waals surface area contributed by atoms with Crippen molar-refractivity contribution >= 4 is 17.8 Å². The lowest BCUT2D eigenvalue weighted by atomic mass is 9.88. The van der Waals surface area contributed by atoms with Crippen LogP contribution >= 0.6 is 0 Å². The molecule has 0 aromatic rings. The molecular weight excluding hydrogens is 318 g/mol. The van der Waals surface area contributed by atoms with E-state index >= 15 is 0 Å². The normalized spacial score (nSPS) is 24.9. The summed E-state index contributed by atoms with van der Waals surface area (Å²) in [4.78, 5) is 30.6. The highest BCUT2D eigenvalue weighted by atomic mass is 16.2. The molecule has 0 aromatic carbocycles. The molecule has 7 nitrogen and oxygen atoms in total. The number of nitrogens with zero attached hydrogens (tertiary/aromatic N) is 2. The van der Waals surface area contributed by atoms with Crippen LogP contribution in [0.3, 0.4) is 0 Å². The Labute approximate surface area is 150 Å². The summed E-state index contributed by atoms with van der Waals surface area (Å²) in [6.45, 7) is 1.77. The minimum absolute atomic E-state index is 0.00553. The molecule has 1 aliphatic heterocycles. The maximum Gasteiger partial charge on any atom is 0.239 e. The molecule has 2 saturated carbocycles. The standard InChI is InChI=1S/C18H31N5O2/c1-19-18(20-11-16(24)21-14-7-8-14)22-15-9-10-23(12-15)17(25)13-5-3-2-4-6-13/h13-15H,2-12H2,1H3,(H,21,24)(H2,19,20,22). The second-order valence-corrected chi connectivity index (χ2v) is 7.52. The van der Waals surface area contributed by atoms with Crippen LogP contribution in [0.15, 0.2) is 4.99 Å². The van der Waals surface area contributed by atoms with Gasteiger partial charge in [0.05, 0.1) is 6.54 Å². The first-order chi connectivity index (χ1) is 12.2. The van der Waals surface area contributed by atoms with Crippen molar-refractivity contribution in [2.75, 3.05) is 26.7 Å². The predicted molar refractivity (Wildman–Crippen MR) is 97.2 cm³/mol.